The van der Waals surface area contributed by atoms with Crippen molar-refractivity contribution >= 4 is 33.1 Å². The molecule has 2 aromatic heterocycles. The number of aryl methyl sites for hydroxylation is 1. The molecule has 0 aromatic carbocycles. The van der Waals surface area contributed by atoms with Crippen LogP contribution in [-0.4, -0.2) is 14.0 Å². The van der Waals surface area contributed by atoms with Gasteiger partial charge in [0, 0.05) is 10.7 Å². The average Bonchev–Trinajstić information content (AvgIpc) is 2.68. The quantitative estimate of drug-likeness (QED) is 0.878. The van der Waals surface area contributed by atoms with Crippen LogP contribution in [0, 0.1) is 6.92 Å². The van der Waals surface area contributed by atoms with E-state index in [1.54, 1.807) is 6.20 Å². The van der Waals surface area contributed by atoms with Gasteiger partial charge in [-0.15, -0.1) is 0 Å². The highest BCUT2D eigenvalue weighted by Gasteiger charge is 2.03. The molecule has 0 radical (unpaired) electrons. The van der Waals surface area contributed by atoms with Crippen LogP contribution >= 0.6 is 27.5 Å². The molecule has 0 aliphatic rings. The number of hydrogen-bond acceptors (Lipinski definition) is 5. The van der Waals surface area contributed by atoms with E-state index in [1.807, 2.05) is 12.3 Å². The van der Waals surface area contributed by atoms with E-state index in [0.29, 0.717) is 5.33 Å². The Hall–Kier alpha value is -1.21. The van der Waals surface area contributed by atoms with Crippen molar-refractivity contribution < 1.29 is 0 Å². The van der Waals surface area contributed by atoms with Gasteiger partial charge < -0.3 is 0 Å². The third kappa shape index (κ3) is 2.30. The minimum atomic E-state index is -0.199. The first kappa shape index (κ1) is 11.3. The van der Waals surface area contributed by atoms with Gasteiger partial charge in [0.1, 0.15) is 0 Å². The lowest BCUT2D eigenvalue weighted by Gasteiger charge is -2.08. The fraction of sp³-hybridized carbons (Fsp3) is 0.222. The second-order valence-electron chi connectivity index (χ2n) is 3.15. The molecular formula is C9H9BrN4OS. The topological polar surface area (TPSA) is 59.8 Å². The number of alkyl halides is 1. The molecule has 0 bridgehead atoms. The first-order valence-electron chi connectivity index (χ1n) is 4.52. The third-order valence-corrected chi connectivity index (χ3v) is 3.28. The molecule has 16 heavy (non-hydrogen) atoms. The number of rotatable bonds is 3. The lowest BCUT2D eigenvalue weighted by molar-refractivity contribution is 0.856. The molecule has 2 aromatic rings. The Bertz CT molecular complexity index is 550. The normalized spacial score (nSPS) is 10.4. The zero-order chi connectivity index (χ0) is 11.5. The van der Waals surface area contributed by atoms with Crippen molar-refractivity contribution in [3.8, 4) is 0 Å². The van der Waals surface area contributed by atoms with E-state index in [4.69, 9.17) is 0 Å². The summed E-state index contributed by atoms with van der Waals surface area (Å²) in [4.78, 5) is 15.5. The van der Waals surface area contributed by atoms with E-state index >= 15 is 0 Å². The van der Waals surface area contributed by atoms with Crippen LogP contribution in [0.3, 0.4) is 0 Å². The standard InChI is InChI=1S/C9H9BrN4OS/c1-6-8(5-16-13-6)12-14-4-7(2-10)11-3-9(14)15/h3-5,12H,2H2,1H3. The highest BCUT2D eigenvalue weighted by atomic mass is 79.9. The zero-order valence-electron chi connectivity index (χ0n) is 8.48. The molecule has 0 aliphatic carbocycles. The minimum absolute atomic E-state index is 0.199. The van der Waals surface area contributed by atoms with Crippen LogP contribution in [0.5, 0.6) is 0 Å². The Labute approximate surface area is 104 Å². The number of nitrogens with one attached hydrogen (secondary N) is 1. The van der Waals surface area contributed by atoms with Gasteiger partial charge in [0.05, 0.1) is 29.5 Å². The van der Waals surface area contributed by atoms with Gasteiger partial charge in [0.15, 0.2) is 0 Å². The second-order valence-corrected chi connectivity index (χ2v) is 4.34. The van der Waals surface area contributed by atoms with Gasteiger partial charge in [-0.2, -0.15) is 4.37 Å². The van der Waals surface area contributed by atoms with Crippen LogP contribution in [0.2, 0.25) is 0 Å². The first-order chi connectivity index (χ1) is 7.70. The largest absolute Gasteiger partial charge is 0.289 e. The molecule has 2 heterocycles. The van der Waals surface area contributed by atoms with Gasteiger partial charge in [-0.1, -0.05) is 15.9 Å². The molecule has 84 valence electrons. The van der Waals surface area contributed by atoms with E-state index in [2.05, 4.69) is 30.7 Å². The molecule has 0 saturated heterocycles. The van der Waals surface area contributed by atoms with Gasteiger partial charge in [0.2, 0.25) is 0 Å². The molecule has 0 fully saturated rings. The first-order valence-corrected chi connectivity index (χ1v) is 6.48. The van der Waals surface area contributed by atoms with Crippen LogP contribution in [0.25, 0.3) is 0 Å². The molecular weight excluding hydrogens is 292 g/mol. The Morgan fingerprint density at radius 2 is 2.44 bits per heavy atom. The fourth-order valence-corrected chi connectivity index (χ4v) is 2.06. The summed E-state index contributed by atoms with van der Waals surface area (Å²) in [5.41, 5.74) is 5.27. The lowest BCUT2D eigenvalue weighted by Crippen LogP contribution is -2.26. The highest BCUT2D eigenvalue weighted by molar-refractivity contribution is 9.08. The molecule has 5 nitrogen and oxygen atoms in total. The summed E-state index contributed by atoms with van der Waals surface area (Å²) >= 11 is 4.64. The van der Waals surface area contributed by atoms with Gasteiger partial charge in [-0.05, 0) is 18.5 Å². The summed E-state index contributed by atoms with van der Waals surface area (Å²) in [6.45, 7) is 1.89. The third-order valence-electron chi connectivity index (χ3n) is 1.98. The summed E-state index contributed by atoms with van der Waals surface area (Å²) in [6.07, 6.45) is 2.95. The summed E-state index contributed by atoms with van der Waals surface area (Å²) < 4.78 is 5.53. The van der Waals surface area contributed by atoms with Crippen molar-refractivity contribution in [3.05, 3.63) is 39.5 Å². The van der Waals surface area contributed by atoms with Gasteiger partial charge in [0.25, 0.3) is 5.56 Å². The van der Waals surface area contributed by atoms with E-state index in [0.717, 1.165) is 17.1 Å². The monoisotopic (exact) mass is 300 g/mol. The van der Waals surface area contributed by atoms with Crippen LogP contribution in [0.15, 0.2) is 22.6 Å². The zero-order valence-corrected chi connectivity index (χ0v) is 10.9. The van der Waals surface area contributed by atoms with Gasteiger partial charge in [-0.25, -0.2) is 4.68 Å². The Morgan fingerprint density at radius 1 is 1.62 bits per heavy atom. The van der Waals surface area contributed by atoms with Crippen LogP contribution in [0.1, 0.15) is 11.4 Å². The number of anilines is 1. The molecule has 0 saturated carbocycles. The Kier molecular flexibility index (Phi) is 3.35. The van der Waals surface area contributed by atoms with E-state index < -0.39 is 0 Å². The Morgan fingerprint density at radius 3 is 3.06 bits per heavy atom. The van der Waals surface area contributed by atoms with E-state index in [9.17, 15) is 4.79 Å². The van der Waals surface area contributed by atoms with Crippen molar-refractivity contribution in [1.29, 1.82) is 0 Å². The smallest absolute Gasteiger partial charge is 0.287 e. The number of nitrogens with zero attached hydrogens (tertiary/aromatic N) is 3. The maximum Gasteiger partial charge on any atom is 0.287 e. The predicted octanol–water partition coefficient (Wildman–Crippen LogP) is 1.78. The van der Waals surface area contributed by atoms with Crippen LogP contribution in [-0.2, 0) is 5.33 Å². The second kappa shape index (κ2) is 4.75. The Balaban J connectivity index is 2.34. The highest BCUT2D eigenvalue weighted by Crippen LogP contribution is 2.14. The van der Waals surface area contributed by atoms with E-state index in [1.165, 1.54) is 22.4 Å². The molecule has 0 spiro atoms. The minimum Gasteiger partial charge on any atom is -0.289 e. The predicted molar refractivity (Wildman–Crippen MR) is 67.0 cm³/mol. The number of halogens is 1. The molecule has 7 heteroatoms. The van der Waals surface area contributed by atoms with Crippen LogP contribution in [0.4, 0.5) is 5.69 Å². The maximum atomic E-state index is 11.5. The fourth-order valence-electron chi connectivity index (χ4n) is 1.13. The van der Waals surface area contributed by atoms with Crippen LogP contribution < -0.4 is 11.0 Å². The molecule has 1 N–H and O–H groups in total. The SMILES string of the molecule is Cc1nscc1Nn1cc(CBr)ncc1=O. The van der Waals surface area contributed by atoms with Crippen molar-refractivity contribution in [1.82, 2.24) is 14.0 Å². The van der Waals surface area contributed by atoms with Gasteiger partial charge in [-0.3, -0.25) is 15.2 Å². The summed E-state index contributed by atoms with van der Waals surface area (Å²) in [6, 6.07) is 0. The molecule has 0 atom stereocenters. The summed E-state index contributed by atoms with van der Waals surface area (Å²) in [7, 11) is 0. The summed E-state index contributed by atoms with van der Waals surface area (Å²) in [5, 5.41) is 2.46. The van der Waals surface area contributed by atoms with Crippen molar-refractivity contribution in [2.45, 2.75) is 12.3 Å². The van der Waals surface area contributed by atoms with Crippen molar-refractivity contribution in [2.75, 3.05) is 5.43 Å². The number of hydrogen-bond donors (Lipinski definition) is 1. The van der Waals surface area contributed by atoms with E-state index in [-0.39, 0.29) is 5.56 Å². The number of aromatic nitrogens is 3. The van der Waals surface area contributed by atoms with Crippen molar-refractivity contribution in [2.24, 2.45) is 0 Å². The maximum absolute atomic E-state index is 11.5. The van der Waals surface area contributed by atoms with Crippen molar-refractivity contribution in [3.63, 3.8) is 0 Å². The molecule has 2 rings (SSSR count). The van der Waals surface area contributed by atoms with Gasteiger partial charge >= 0.3 is 0 Å². The average molecular weight is 301 g/mol. The molecule has 0 unspecified atom stereocenters. The molecule has 0 amide bonds. The molecule has 0 aliphatic heterocycles. The summed E-state index contributed by atoms with van der Waals surface area (Å²) in [5.74, 6) is 0. The lowest BCUT2D eigenvalue weighted by atomic mass is 10.4.